The van der Waals surface area contributed by atoms with Gasteiger partial charge >= 0.3 is 6.09 Å². The third kappa shape index (κ3) is 4.13. The first-order valence-corrected chi connectivity index (χ1v) is 9.76. The number of carbonyl (C=O) groups excluding carboxylic acids is 2. The Bertz CT molecular complexity index is 791. The van der Waals surface area contributed by atoms with Gasteiger partial charge in [-0.25, -0.2) is 9.78 Å². The molecular weight excluding hydrogens is 358 g/mol. The van der Waals surface area contributed by atoms with Gasteiger partial charge < -0.3 is 9.64 Å². The summed E-state index contributed by atoms with van der Waals surface area (Å²) in [7, 11) is 1.38. The lowest BCUT2D eigenvalue weighted by Gasteiger charge is -2.24. The maximum absolute atomic E-state index is 12.5. The third-order valence-electron chi connectivity index (χ3n) is 3.79. The number of nitrogens with one attached hydrogen (secondary N) is 1. The van der Waals surface area contributed by atoms with E-state index in [4.69, 9.17) is 4.74 Å². The zero-order valence-electron chi connectivity index (χ0n) is 14.1. The minimum atomic E-state index is -0.338. The normalized spacial score (nSPS) is 13.3. The van der Waals surface area contributed by atoms with Crippen LogP contribution in [0.2, 0.25) is 0 Å². The van der Waals surface area contributed by atoms with E-state index >= 15 is 0 Å². The maximum Gasteiger partial charge on any atom is 0.409 e. The number of anilines is 1. The van der Waals surface area contributed by atoms with Crippen molar-refractivity contribution in [1.29, 1.82) is 0 Å². The summed E-state index contributed by atoms with van der Waals surface area (Å²) < 4.78 is 4.76. The van der Waals surface area contributed by atoms with Crippen molar-refractivity contribution in [1.82, 2.24) is 9.88 Å². The summed E-state index contributed by atoms with van der Waals surface area (Å²) in [6, 6.07) is 7.56. The van der Waals surface area contributed by atoms with Gasteiger partial charge in [0.2, 0.25) is 0 Å². The Balaban J connectivity index is 1.70. The molecule has 0 unspecified atom stereocenters. The van der Waals surface area contributed by atoms with Gasteiger partial charge in [-0.2, -0.15) is 0 Å². The molecule has 8 heteroatoms. The summed E-state index contributed by atoms with van der Waals surface area (Å²) in [4.78, 5) is 32.3. The summed E-state index contributed by atoms with van der Waals surface area (Å²) in [5, 5.41) is 3.43. The fourth-order valence-corrected chi connectivity index (χ4v) is 4.33. The number of benzene rings is 1. The maximum atomic E-state index is 12.5. The number of hydrogen-bond acceptors (Lipinski definition) is 6. The molecule has 0 bridgehead atoms. The molecule has 132 valence electrons. The Kier molecular flexibility index (Phi) is 5.60. The van der Waals surface area contributed by atoms with E-state index in [0.29, 0.717) is 30.2 Å². The minimum Gasteiger partial charge on any atom is -0.453 e. The van der Waals surface area contributed by atoms with Gasteiger partial charge in [-0.05, 0) is 24.0 Å². The van der Waals surface area contributed by atoms with E-state index in [1.165, 1.54) is 18.4 Å². The number of fused-ring (bicyclic) bond motifs is 1. The fraction of sp³-hybridized carbons (Fsp3) is 0.353. The van der Waals surface area contributed by atoms with Gasteiger partial charge in [0, 0.05) is 28.3 Å². The molecule has 3 rings (SSSR count). The second kappa shape index (κ2) is 7.88. The van der Waals surface area contributed by atoms with E-state index in [0.717, 1.165) is 21.2 Å². The van der Waals surface area contributed by atoms with Crippen molar-refractivity contribution in [2.75, 3.05) is 24.7 Å². The van der Waals surface area contributed by atoms with Gasteiger partial charge in [-0.1, -0.05) is 24.3 Å². The van der Waals surface area contributed by atoms with Crippen molar-refractivity contribution in [3.63, 3.8) is 0 Å². The lowest BCUT2D eigenvalue weighted by molar-refractivity contribution is 0.102. The largest absolute Gasteiger partial charge is 0.453 e. The molecule has 2 aromatic rings. The first-order valence-electron chi connectivity index (χ1n) is 7.96. The molecule has 1 aromatic heterocycles. The number of aromatic nitrogens is 1. The Morgan fingerprint density at radius 2 is 2.28 bits per heavy atom. The zero-order chi connectivity index (χ0) is 17.8. The van der Waals surface area contributed by atoms with Crippen molar-refractivity contribution in [3.8, 4) is 0 Å². The van der Waals surface area contributed by atoms with E-state index in [1.807, 2.05) is 18.2 Å². The van der Waals surface area contributed by atoms with E-state index in [2.05, 4.69) is 17.2 Å². The number of methoxy groups -OCH3 is 1. The van der Waals surface area contributed by atoms with Gasteiger partial charge in [0.05, 0.1) is 19.3 Å². The van der Waals surface area contributed by atoms with Crippen LogP contribution in [0.25, 0.3) is 0 Å². The predicted molar refractivity (Wildman–Crippen MR) is 99.4 cm³/mol. The summed E-state index contributed by atoms with van der Waals surface area (Å²) in [5.74, 6) is 0.788. The van der Waals surface area contributed by atoms with E-state index in [-0.39, 0.29) is 12.0 Å². The molecule has 2 heterocycles. The Labute approximate surface area is 154 Å². The van der Waals surface area contributed by atoms with Crippen LogP contribution >= 0.6 is 23.1 Å². The van der Waals surface area contributed by atoms with Crippen molar-refractivity contribution < 1.29 is 14.3 Å². The highest BCUT2D eigenvalue weighted by Gasteiger charge is 2.25. The Morgan fingerprint density at radius 3 is 3.04 bits per heavy atom. The molecule has 1 aromatic carbocycles. The number of hydrogen-bond donors (Lipinski definition) is 1. The Morgan fingerprint density at radius 1 is 1.44 bits per heavy atom. The zero-order valence-corrected chi connectivity index (χ0v) is 15.7. The van der Waals surface area contributed by atoms with Gasteiger partial charge in [-0.15, -0.1) is 11.8 Å². The van der Waals surface area contributed by atoms with Crippen LogP contribution in [-0.4, -0.2) is 41.3 Å². The van der Waals surface area contributed by atoms with Gasteiger partial charge in [-0.3, -0.25) is 10.1 Å². The van der Waals surface area contributed by atoms with E-state index in [1.54, 1.807) is 22.7 Å². The molecule has 0 aliphatic carbocycles. The first-order chi connectivity index (χ1) is 12.1. The van der Waals surface area contributed by atoms with E-state index in [9.17, 15) is 9.59 Å². The summed E-state index contributed by atoms with van der Waals surface area (Å²) in [6.45, 7) is 3.13. The topological polar surface area (TPSA) is 71.5 Å². The van der Waals surface area contributed by atoms with Crippen molar-refractivity contribution >= 4 is 40.2 Å². The van der Waals surface area contributed by atoms with Gasteiger partial charge in [0.25, 0.3) is 5.91 Å². The summed E-state index contributed by atoms with van der Waals surface area (Å²) >= 11 is 3.10. The van der Waals surface area contributed by atoms with E-state index < -0.39 is 0 Å². The highest BCUT2D eigenvalue weighted by atomic mass is 32.2. The van der Waals surface area contributed by atoms with Crippen LogP contribution in [0, 0.1) is 0 Å². The molecule has 0 radical (unpaired) electrons. The monoisotopic (exact) mass is 377 g/mol. The highest BCUT2D eigenvalue weighted by Crippen LogP contribution is 2.29. The van der Waals surface area contributed by atoms with Crippen molar-refractivity contribution in [2.45, 2.75) is 24.8 Å². The number of thiazole rings is 1. The van der Waals surface area contributed by atoms with Crippen molar-refractivity contribution in [3.05, 3.63) is 40.4 Å². The molecule has 1 aliphatic rings. The summed E-state index contributed by atoms with van der Waals surface area (Å²) in [5.41, 5.74) is 1.55. The highest BCUT2D eigenvalue weighted by molar-refractivity contribution is 7.99. The van der Waals surface area contributed by atoms with Crippen LogP contribution in [0.5, 0.6) is 0 Å². The average molecular weight is 377 g/mol. The van der Waals surface area contributed by atoms with Crippen LogP contribution in [0.4, 0.5) is 9.93 Å². The molecule has 0 spiro atoms. The number of rotatable bonds is 4. The number of amides is 2. The van der Waals surface area contributed by atoms with Crippen LogP contribution < -0.4 is 5.32 Å². The first kappa shape index (κ1) is 17.8. The standard InChI is InChI=1S/C17H19N3O3S2/c1-3-24-12-6-4-5-11(9-12)15(21)19-16-18-13-7-8-20(17(22)23-2)10-14(13)25-16/h4-6,9H,3,7-8,10H2,1-2H3,(H,18,19,21). The lowest BCUT2D eigenvalue weighted by Crippen LogP contribution is -2.35. The quantitative estimate of drug-likeness (QED) is 0.824. The SMILES string of the molecule is CCSc1cccc(C(=O)Nc2nc3c(s2)CN(C(=O)OC)CC3)c1. The molecule has 0 saturated heterocycles. The van der Waals surface area contributed by atoms with Crippen LogP contribution in [0.15, 0.2) is 29.2 Å². The lowest BCUT2D eigenvalue weighted by atomic mass is 10.2. The second-order valence-corrected chi connectivity index (χ2v) is 7.87. The molecule has 0 saturated carbocycles. The molecule has 6 nitrogen and oxygen atoms in total. The molecule has 0 fully saturated rings. The summed E-state index contributed by atoms with van der Waals surface area (Å²) in [6.07, 6.45) is 0.328. The molecule has 1 aliphatic heterocycles. The van der Waals surface area contributed by atoms with Crippen LogP contribution in [0.1, 0.15) is 27.9 Å². The van der Waals surface area contributed by atoms with Crippen LogP contribution in [0.3, 0.4) is 0 Å². The molecular formula is C17H19N3O3S2. The third-order valence-corrected chi connectivity index (χ3v) is 5.67. The molecule has 25 heavy (non-hydrogen) atoms. The van der Waals surface area contributed by atoms with Gasteiger partial charge in [0.15, 0.2) is 5.13 Å². The Hall–Kier alpha value is -2.06. The second-order valence-electron chi connectivity index (χ2n) is 5.45. The van der Waals surface area contributed by atoms with Gasteiger partial charge in [0.1, 0.15) is 0 Å². The number of thioether (sulfide) groups is 1. The predicted octanol–water partition coefficient (Wildman–Crippen LogP) is 3.63. The smallest absolute Gasteiger partial charge is 0.409 e. The molecule has 1 N–H and O–H groups in total. The number of nitrogens with zero attached hydrogens (tertiary/aromatic N) is 2. The van der Waals surface area contributed by atoms with Crippen molar-refractivity contribution in [2.24, 2.45) is 0 Å². The van der Waals surface area contributed by atoms with Crippen LogP contribution in [-0.2, 0) is 17.7 Å². The number of carbonyl (C=O) groups is 2. The number of ether oxygens (including phenoxy) is 1. The average Bonchev–Trinajstić information content (AvgIpc) is 3.02. The molecule has 0 atom stereocenters. The fourth-order valence-electron chi connectivity index (χ4n) is 2.60. The molecule has 2 amide bonds. The minimum absolute atomic E-state index is 0.172.